The molecule has 0 bridgehead atoms. The molecule has 2 N–H and O–H groups in total. The first-order valence-corrected chi connectivity index (χ1v) is 5.79. The van der Waals surface area contributed by atoms with E-state index < -0.39 is 5.97 Å². The highest BCUT2D eigenvalue weighted by molar-refractivity contribution is 5.85. The molecule has 1 aromatic rings. The molecule has 0 spiro atoms. The summed E-state index contributed by atoms with van der Waals surface area (Å²) < 4.78 is 5.55. The van der Waals surface area contributed by atoms with Crippen molar-refractivity contribution >= 4 is 5.97 Å². The lowest BCUT2D eigenvalue weighted by Gasteiger charge is -2.14. The average Bonchev–Trinajstić information content (AvgIpc) is 2.33. The second-order valence-corrected chi connectivity index (χ2v) is 3.95. The Morgan fingerprint density at radius 1 is 1.28 bits per heavy atom. The molecule has 4 nitrogen and oxygen atoms in total. The summed E-state index contributed by atoms with van der Waals surface area (Å²) in [5.41, 5.74) is 1.36. The molecule has 94 valence electrons. The van der Waals surface area contributed by atoms with Crippen LogP contribution < -0.4 is 5.32 Å². The van der Waals surface area contributed by atoms with Crippen molar-refractivity contribution in [2.75, 3.05) is 13.2 Å². The second kappa shape index (κ2) is 5.91. The number of benzene rings is 1. The van der Waals surface area contributed by atoms with Crippen LogP contribution in [0.1, 0.15) is 5.56 Å². The summed E-state index contributed by atoms with van der Waals surface area (Å²) >= 11 is 0. The van der Waals surface area contributed by atoms with Gasteiger partial charge in [-0.05, 0) is 17.7 Å². The smallest absolute Gasteiger partial charge is 0.351 e. The van der Waals surface area contributed by atoms with E-state index in [0.717, 1.165) is 12.2 Å². The van der Waals surface area contributed by atoms with Gasteiger partial charge >= 0.3 is 5.97 Å². The third kappa shape index (κ3) is 3.38. The summed E-state index contributed by atoms with van der Waals surface area (Å²) in [5, 5.41) is 11.7. The zero-order valence-corrected chi connectivity index (χ0v) is 9.93. The van der Waals surface area contributed by atoms with Crippen LogP contribution in [0.4, 0.5) is 0 Å². The number of hydrogen-bond acceptors (Lipinski definition) is 3. The minimum atomic E-state index is -0.960. The molecular weight excluding hydrogens is 230 g/mol. The van der Waals surface area contributed by atoms with Crippen LogP contribution in [0, 0.1) is 0 Å². The number of nitrogens with one attached hydrogen (secondary N) is 1. The molecule has 1 aliphatic heterocycles. The zero-order chi connectivity index (χ0) is 12.8. The van der Waals surface area contributed by atoms with Crippen molar-refractivity contribution in [1.82, 2.24) is 5.32 Å². The fraction of sp³-hybridized carbons (Fsp3) is 0.214. The molecule has 0 saturated heterocycles. The van der Waals surface area contributed by atoms with Crippen LogP contribution in [0.3, 0.4) is 0 Å². The molecule has 18 heavy (non-hydrogen) atoms. The van der Waals surface area contributed by atoms with Crippen molar-refractivity contribution in [2.45, 2.75) is 6.42 Å². The summed E-state index contributed by atoms with van der Waals surface area (Å²) in [6.45, 7) is 0.730. The number of carbonyl (C=O) groups is 1. The molecule has 0 amide bonds. The van der Waals surface area contributed by atoms with Gasteiger partial charge in [-0.15, -0.1) is 0 Å². The van der Waals surface area contributed by atoms with Crippen LogP contribution in [0.5, 0.6) is 0 Å². The van der Waals surface area contributed by atoms with E-state index in [-0.39, 0.29) is 12.3 Å². The molecule has 1 aliphatic rings. The van der Waals surface area contributed by atoms with Crippen LogP contribution in [-0.2, 0) is 16.0 Å². The third-order valence-corrected chi connectivity index (χ3v) is 2.63. The molecule has 0 fully saturated rings. The summed E-state index contributed by atoms with van der Waals surface area (Å²) in [4.78, 5) is 10.8. The summed E-state index contributed by atoms with van der Waals surface area (Å²) in [6, 6.07) is 10.0. The van der Waals surface area contributed by atoms with Crippen molar-refractivity contribution < 1.29 is 14.6 Å². The van der Waals surface area contributed by atoms with Gasteiger partial charge in [0.25, 0.3) is 0 Å². The maximum Gasteiger partial charge on any atom is 0.351 e. The van der Waals surface area contributed by atoms with Gasteiger partial charge in [0.2, 0.25) is 0 Å². The molecule has 0 unspecified atom stereocenters. The van der Waals surface area contributed by atoms with Crippen LogP contribution >= 0.6 is 0 Å². The lowest BCUT2D eigenvalue weighted by molar-refractivity contribution is -0.133. The first kappa shape index (κ1) is 12.2. The molecule has 0 saturated carbocycles. The van der Waals surface area contributed by atoms with Crippen molar-refractivity contribution in [1.29, 1.82) is 0 Å². The number of rotatable bonds is 3. The summed E-state index contributed by atoms with van der Waals surface area (Å²) in [7, 11) is 0. The van der Waals surface area contributed by atoms with Crippen molar-refractivity contribution in [3.63, 3.8) is 0 Å². The van der Waals surface area contributed by atoms with E-state index in [4.69, 9.17) is 9.84 Å². The average molecular weight is 245 g/mol. The van der Waals surface area contributed by atoms with Gasteiger partial charge < -0.3 is 15.2 Å². The van der Waals surface area contributed by atoms with Gasteiger partial charge in [0.1, 0.15) is 12.3 Å². The normalized spacial score (nSPS) is 21.1. The van der Waals surface area contributed by atoms with Gasteiger partial charge in [-0.2, -0.15) is 0 Å². The highest BCUT2D eigenvalue weighted by atomic mass is 16.5. The van der Waals surface area contributed by atoms with Gasteiger partial charge in [0.15, 0.2) is 0 Å². The van der Waals surface area contributed by atoms with Gasteiger partial charge in [0, 0.05) is 13.0 Å². The highest BCUT2D eigenvalue weighted by Crippen LogP contribution is 2.10. The quantitative estimate of drug-likeness (QED) is 0.851. The number of ether oxygens (including phenoxy) is 1. The van der Waals surface area contributed by atoms with Crippen molar-refractivity contribution in [3.8, 4) is 0 Å². The van der Waals surface area contributed by atoms with Crippen LogP contribution in [0.15, 0.2) is 53.9 Å². The number of carboxylic acids is 1. The third-order valence-electron chi connectivity index (χ3n) is 2.63. The summed E-state index contributed by atoms with van der Waals surface area (Å²) in [6.07, 6.45) is 4.14. The lowest BCUT2D eigenvalue weighted by Crippen LogP contribution is -2.23. The minimum absolute atomic E-state index is 0.185. The van der Waals surface area contributed by atoms with Crippen molar-refractivity contribution in [2.24, 2.45) is 0 Å². The molecule has 0 aromatic heterocycles. The molecule has 0 radical (unpaired) electrons. The van der Waals surface area contributed by atoms with Crippen LogP contribution in [-0.4, -0.2) is 24.2 Å². The van der Waals surface area contributed by atoms with Crippen LogP contribution in [0.25, 0.3) is 0 Å². The number of hydrogen-bond donors (Lipinski definition) is 2. The maximum absolute atomic E-state index is 10.8. The molecule has 0 aliphatic carbocycles. The Hall–Kier alpha value is -2.23. The predicted octanol–water partition coefficient (Wildman–Crippen LogP) is 1.70. The Morgan fingerprint density at radius 2 is 2.06 bits per heavy atom. The highest BCUT2D eigenvalue weighted by Gasteiger charge is 2.09. The Morgan fingerprint density at radius 3 is 2.78 bits per heavy atom. The standard InChI is InChI=1S/C14H15NO3/c16-14(17)13-7-9-18-12(6-8-15-13)10-11-4-2-1-3-5-11/h1-7,15H,8-10H2,(H,16,17)/b12-6-,13-7-. The van der Waals surface area contributed by atoms with E-state index in [1.165, 1.54) is 5.56 Å². The van der Waals surface area contributed by atoms with E-state index in [1.807, 2.05) is 36.4 Å². The second-order valence-electron chi connectivity index (χ2n) is 3.95. The first-order valence-electron chi connectivity index (χ1n) is 5.79. The molecular formula is C14H15NO3. The topological polar surface area (TPSA) is 58.6 Å². The van der Waals surface area contributed by atoms with E-state index in [1.54, 1.807) is 6.08 Å². The lowest BCUT2D eigenvalue weighted by atomic mass is 10.1. The van der Waals surface area contributed by atoms with E-state index in [0.29, 0.717) is 6.54 Å². The molecule has 1 heterocycles. The first-order chi connectivity index (χ1) is 8.75. The fourth-order valence-corrected chi connectivity index (χ4v) is 1.72. The Kier molecular flexibility index (Phi) is 4.02. The molecule has 0 atom stereocenters. The Bertz CT molecular complexity index is 477. The maximum atomic E-state index is 10.8. The summed E-state index contributed by atoms with van der Waals surface area (Å²) in [5.74, 6) is -0.104. The molecule has 2 rings (SSSR count). The fourth-order valence-electron chi connectivity index (χ4n) is 1.72. The van der Waals surface area contributed by atoms with Gasteiger partial charge in [-0.3, -0.25) is 0 Å². The van der Waals surface area contributed by atoms with E-state index in [9.17, 15) is 4.79 Å². The predicted molar refractivity (Wildman–Crippen MR) is 67.9 cm³/mol. The number of allylic oxidation sites excluding steroid dienone is 1. The minimum Gasteiger partial charge on any atom is -0.494 e. The van der Waals surface area contributed by atoms with Gasteiger partial charge in [-0.25, -0.2) is 4.79 Å². The van der Waals surface area contributed by atoms with E-state index in [2.05, 4.69) is 5.32 Å². The largest absolute Gasteiger partial charge is 0.494 e. The Labute approximate surface area is 106 Å². The number of carboxylic acid groups (broad SMARTS) is 1. The zero-order valence-electron chi connectivity index (χ0n) is 9.93. The Balaban J connectivity index is 1.97. The SMILES string of the molecule is O=C(O)/C1=C/CO/C(Cc2ccccc2)=C\CN1. The van der Waals surface area contributed by atoms with Gasteiger partial charge in [-0.1, -0.05) is 30.3 Å². The molecule has 1 aromatic carbocycles. The number of aliphatic carboxylic acids is 1. The monoisotopic (exact) mass is 245 g/mol. The van der Waals surface area contributed by atoms with Gasteiger partial charge in [0.05, 0.1) is 5.76 Å². The van der Waals surface area contributed by atoms with Crippen molar-refractivity contribution in [3.05, 3.63) is 59.5 Å². The molecule has 4 heteroatoms. The van der Waals surface area contributed by atoms with E-state index >= 15 is 0 Å². The van der Waals surface area contributed by atoms with Crippen LogP contribution in [0.2, 0.25) is 0 Å².